The molecule has 1 amide bonds. The van der Waals surface area contributed by atoms with Crippen LogP contribution in [0, 0.1) is 0 Å². The molecule has 2 aromatic heterocycles. The molecule has 1 aromatic carbocycles. The standard InChI is InChI=1S/C20H21N3O5S2/c1-23(30(25,26)19-6-4-12-29-19)16-7-9-17(10-8-16)28-14-18(24)22-13-15-5-3-11-21-20(15)27-2/h3-12H,13-14H2,1-2H3,(H,22,24). The second kappa shape index (κ2) is 9.59. The third-order valence-corrected chi connectivity index (χ3v) is 7.36. The summed E-state index contributed by atoms with van der Waals surface area (Å²) in [6, 6.07) is 13.3. The minimum absolute atomic E-state index is 0.175. The van der Waals surface area contributed by atoms with E-state index >= 15 is 0 Å². The normalized spacial score (nSPS) is 11.0. The zero-order valence-electron chi connectivity index (χ0n) is 16.4. The number of benzene rings is 1. The summed E-state index contributed by atoms with van der Waals surface area (Å²) in [6.45, 7) is 0.0920. The SMILES string of the molecule is COc1ncccc1CNC(=O)COc1ccc(N(C)S(=O)(=O)c2cccs2)cc1. The molecule has 2 heterocycles. The van der Waals surface area contributed by atoms with Crippen LogP contribution in [0.5, 0.6) is 11.6 Å². The molecule has 3 aromatic rings. The smallest absolute Gasteiger partial charge is 0.273 e. The van der Waals surface area contributed by atoms with Crippen LogP contribution in [0.25, 0.3) is 0 Å². The number of thiophene rings is 1. The van der Waals surface area contributed by atoms with Gasteiger partial charge in [0, 0.05) is 25.4 Å². The van der Waals surface area contributed by atoms with Crippen molar-refractivity contribution >= 4 is 33.0 Å². The average molecular weight is 448 g/mol. The number of nitrogens with zero attached hydrogens (tertiary/aromatic N) is 2. The monoisotopic (exact) mass is 447 g/mol. The van der Waals surface area contributed by atoms with Crippen LogP contribution >= 0.6 is 11.3 Å². The van der Waals surface area contributed by atoms with Crippen LogP contribution in [-0.4, -0.2) is 40.1 Å². The Morgan fingerprint density at radius 2 is 1.93 bits per heavy atom. The molecule has 1 N–H and O–H groups in total. The summed E-state index contributed by atoms with van der Waals surface area (Å²) in [5, 5.41) is 4.45. The van der Waals surface area contributed by atoms with Crippen molar-refractivity contribution in [3.05, 3.63) is 65.7 Å². The number of hydrogen-bond donors (Lipinski definition) is 1. The number of pyridine rings is 1. The van der Waals surface area contributed by atoms with Crippen LogP contribution in [0.2, 0.25) is 0 Å². The predicted molar refractivity (Wildman–Crippen MR) is 114 cm³/mol. The van der Waals surface area contributed by atoms with Crippen molar-refractivity contribution in [2.45, 2.75) is 10.8 Å². The van der Waals surface area contributed by atoms with Crippen molar-refractivity contribution in [2.75, 3.05) is 25.1 Å². The fourth-order valence-corrected chi connectivity index (χ4v) is 4.93. The molecule has 0 radical (unpaired) electrons. The molecule has 0 unspecified atom stereocenters. The zero-order valence-corrected chi connectivity index (χ0v) is 18.1. The molecule has 158 valence electrons. The molecule has 0 atom stereocenters. The fraction of sp³-hybridized carbons (Fsp3) is 0.200. The van der Waals surface area contributed by atoms with Crippen LogP contribution < -0.4 is 19.1 Å². The van der Waals surface area contributed by atoms with Crippen LogP contribution in [0.1, 0.15) is 5.56 Å². The van der Waals surface area contributed by atoms with Crippen LogP contribution in [0.3, 0.4) is 0 Å². The Kier molecular flexibility index (Phi) is 6.91. The van der Waals surface area contributed by atoms with Gasteiger partial charge in [-0.05, 0) is 41.8 Å². The third-order valence-electron chi connectivity index (χ3n) is 4.20. The first-order valence-electron chi connectivity index (χ1n) is 8.91. The minimum Gasteiger partial charge on any atom is -0.484 e. The van der Waals surface area contributed by atoms with Crippen molar-refractivity contribution in [1.29, 1.82) is 0 Å². The van der Waals surface area contributed by atoms with Gasteiger partial charge in [-0.15, -0.1) is 11.3 Å². The molecule has 0 saturated heterocycles. The Labute approximate surface area is 179 Å². The van der Waals surface area contributed by atoms with Crippen molar-refractivity contribution in [3.8, 4) is 11.6 Å². The van der Waals surface area contributed by atoms with Gasteiger partial charge in [0.2, 0.25) is 5.88 Å². The van der Waals surface area contributed by atoms with Gasteiger partial charge in [-0.2, -0.15) is 0 Å². The summed E-state index contributed by atoms with van der Waals surface area (Å²) in [6.07, 6.45) is 1.61. The average Bonchev–Trinajstić information content (AvgIpc) is 3.32. The molecule has 0 spiro atoms. The van der Waals surface area contributed by atoms with Gasteiger partial charge in [0.1, 0.15) is 9.96 Å². The highest BCUT2D eigenvalue weighted by atomic mass is 32.2. The number of sulfonamides is 1. The molecule has 8 nitrogen and oxygen atoms in total. The van der Waals surface area contributed by atoms with E-state index in [0.29, 0.717) is 17.3 Å². The highest BCUT2D eigenvalue weighted by Crippen LogP contribution is 2.26. The summed E-state index contributed by atoms with van der Waals surface area (Å²) in [7, 11) is -0.587. The highest BCUT2D eigenvalue weighted by Gasteiger charge is 2.22. The molecule has 0 aliphatic rings. The highest BCUT2D eigenvalue weighted by molar-refractivity contribution is 7.94. The van der Waals surface area contributed by atoms with Crippen molar-refractivity contribution in [3.63, 3.8) is 0 Å². The van der Waals surface area contributed by atoms with Gasteiger partial charge in [-0.3, -0.25) is 9.10 Å². The molecule has 0 saturated carbocycles. The van der Waals surface area contributed by atoms with Crippen molar-refractivity contribution in [1.82, 2.24) is 10.3 Å². The lowest BCUT2D eigenvalue weighted by Crippen LogP contribution is -2.28. The lowest BCUT2D eigenvalue weighted by molar-refractivity contribution is -0.123. The predicted octanol–water partition coefficient (Wildman–Crippen LogP) is 2.67. The lowest BCUT2D eigenvalue weighted by Gasteiger charge is -2.18. The van der Waals surface area contributed by atoms with Gasteiger partial charge < -0.3 is 14.8 Å². The number of methoxy groups -OCH3 is 1. The number of hydrogen-bond acceptors (Lipinski definition) is 7. The molecular weight excluding hydrogens is 426 g/mol. The number of aromatic nitrogens is 1. The third kappa shape index (κ3) is 5.08. The summed E-state index contributed by atoms with van der Waals surface area (Å²) in [4.78, 5) is 16.1. The van der Waals surface area contributed by atoms with Gasteiger partial charge >= 0.3 is 0 Å². The quantitative estimate of drug-likeness (QED) is 0.542. The van der Waals surface area contributed by atoms with E-state index in [-0.39, 0.29) is 23.3 Å². The maximum absolute atomic E-state index is 12.6. The Bertz CT molecular complexity index is 1080. The van der Waals surface area contributed by atoms with Crippen LogP contribution in [0.4, 0.5) is 5.69 Å². The summed E-state index contributed by atoms with van der Waals surface area (Å²) in [5.74, 6) is 0.605. The van der Waals surface area contributed by atoms with Gasteiger partial charge in [0.15, 0.2) is 6.61 Å². The number of anilines is 1. The molecule has 30 heavy (non-hydrogen) atoms. The van der Waals surface area contributed by atoms with E-state index in [9.17, 15) is 13.2 Å². The minimum atomic E-state index is -3.60. The van der Waals surface area contributed by atoms with Crippen molar-refractivity contribution in [2.24, 2.45) is 0 Å². The number of carbonyl (C=O) groups excluding carboxylic acids is 1. The molecule has 3 rings (SSSR count). The molecule has 0 aliphatic heterocycles. The zero-order chi connectivity index (χ0) is 21.6. The Balaban J connectivity index is 1.54. The maximum Gasteiger partial charge on any atom is 0.273 e. The first-order chi connectivity index (χ1) is 14.4. The lowest BCUT2D eigenvalue weighted by atomic mass is 10.2. The summed E-state index contributed by atoms with van der Waals surface area (Å²) >= 11 is 1.16. The fourth-order valence-electron chi connectivity index (χ4n) is 2.57. The molecular formula is C20H21N3O5S2. The van der Waals surface area contributed by atoms with E-state index in [1.807, 2.05) is 6.07 Å². The van der Waals surface area contributed by atoms with E-state index in [2.05, 4.69) is 10.3 Å². The van der Waals surface area contributed by atoms with E-state index in [0.717, 1.165) is 16.9 Å². The number of rotatable bonds is 9. The second-order valence-corrected chi connectivity index (χ2v) is 9.28. The molecule has 10 heteroatoms. The largest absolute Gasteiger partial charge is 0.484 e. The van der Waals surface area contributed by atoms with E-state index in [4.69, 9.17) is 9.47 Å². The van der Waals surface area contributed by atoms with Crippen LogP contribution in [-0.2, 0) is 21.4 Å². The van der Waals surface area contributed by atoms with Crippen LogP contribution in [0.15, 0.2) is 64.3 Å². The van der Waals surface area contributed by atoms with E-state index in [1.165, 1.54) is 18.5 Å². The van der Waals surface area contributed by atoms with E-state index in [1.54, 1.807) is 54.0 Å². The maximum atomic E-state index is 12.6. The Hall–Kier alpha value is -3.11. The van der Waals surface area contributed by atoms with E-state index < -0.39 is 10.0 Å². The van der Waals surface area contributed by atoms with Gasteiger partial charge in [-0.1, -0.05) is 12.1 Å². The number of amides is 1. The topological polar surface area (TPSA) is 97.8 Å². The Morgan fingerprint density at radius 1 is 1.17 bits per heavy atom. The number of nitrogens with one attached hydrogen (secondary N) is 1. The molecule has 0 aliphatic carbocycles. The van der Waals surface area contributed by atoms with Gasteiger partial charge in [0.05, 0.1) is 12.8 Å². The molecule has 0 fully saturated rings. The Morgan fingerprint density at radius 3 is 2.60 bits per heavy atom. The summed E-state index contributed by atoms with van der Waals surface area (Å²) in [5.41, 5.74) is 1.25. The number of carbonyl (C=O) groups is 1. The first kappa shape index (κ1) is 21.6. The number of ether oxygens (including phenoxy) is 2. The summed E-state index contributed by atoms with van der Waals surface area (Å²) < 4.78 is 37.2. The van der Waals surface area contributed by atoms with Gasteiger partial charge in [0.25, 0.3) is 15.9 Å². The second-order valence-electron chi connectivity index (χ2n) is 6.14. The first-order valence-corrected chi connectivity index (χ1v) is 11.2. The van der Waals surface area contributed by atoms with Crippen molar-refractivity contribution < 1.29 is 22.7 Å². The van der Waals surface area contributed by atoms with Gasteiger partial charge in [-0.25, -0.2) is 13.4 Å². The molecule has 0 bridgehead atoms.